The number of hydrogen-bond acceptors (Lipinski definition) is 4. The quantitative estimate of drug-likeness (QED) is 0.453. The molecule has 5 heteroatoms. The van der Waals surface area contributed by atoms with Gasteiger partial charge in [-0.1, -0.05) is 0 Å². The second kappa shape index (κ2) is 15.7. The third-order valence-electron chi connectivity index (χ3n) is 0.1000. The van der Waals surface area contributed by atoms with Crippen LogP contribution in [0.5, 0.6) is 0 Å². The Bertz CT molecular complexity index is 50.5. The molecule has 0 unspecified atom stereocenters. The fourth-order valence-corrected chi connectivity index (χ4v) is 0. The van der Waals surface area contributed by atoms with Crippen molar-refractivity contribution < 1.29 is 39.6 Å². The monoisotopic (exact) mass is 185 g/mol. The minimum Gasteiger partial charge on any atom is -0.550 e. The SMILES string of the molecule is CC(=O)[O-].OCCO.[Zn]. The van der Waals surface area contributed by atoms with Crippen molar-refractivity contribution in [2.45, 2.75) is 6.92 Å². The van der Waals surface area contributed by atoms with E-state index in [4.69, 9.17) is 20.1 Å². The van der Waals surface area contributed by atoms with Crippen molar-refractivity contribution in [3.05, 3.63) is 0 Å². The standard InChI is InChI=1S/C2H4O2.C2H6O2.Zn/c1-2(3)4;3-1-2-4;/h1H3,(H,3,4);3-4H,1-2H2;/p-1. The molecule has 0 radical (unpaired) electrons. The fraction of sp³-hybridized carbons (Fsp3) is 0.750. The van der Waals surface area contributed by atoms with E-state index in [1.807, 2.05) is 0 Å². The van der Waals surface area contributed by atoms with Crippen LogP contribution in [0.3, 0.4) is 0 Å². The van der Waals surface area contributed by atoms with Gasteiger partial charge in [0.15, 0.2) is 0 Å². The van der Waals surface area contributed by atoms with Gasteiger partial charge in [0.2, 0.25) is 0 Å². The normalized spacial score (nSPS) is 6.11. The van der Waals surface area contributed by atoms with Crippen molar-refractivity contribution in [2.24, 2.45) is 0 Å². The van der Waals surface area contributed by atoms with Crippen molar-refractivity contribution in [2.75, 3.05) is 13.2 Å². The number of carboxylic acid groups (broad SMARTS) is 1. The topological polar surface area (TPSA) is 80.6 Å². The van der Waals surface area contributed by atoms with Gasteiger partial charge in [0.25, 0.3) is 0 Å². The van der Waals surface area contributed by atoms with Crippen molar-refractivity contribution in [3.63, 3.8) is 0 Å². The molecule has 0 saturated heterocycles. The largest absolute Gasteiger partial charge is 0.550 e. The van der Waals surface area contributed by atoms with Gasteiger partial charge >= 0.3 is 0 Å². The minimum absolute atomic E-state index is 0. The summed E-state index contributed by atoms with van der Waals surface area (Å²) in [5.74, 6) is -1.08. The average Bonchev–Trinajstić information content (AvgIpc) is 1.65. The summed E-state index contributed by atoms with van der Waals surface area (Å²) in [6, 6.07) is 0. The summed E-state index contributed by atoms with van der Waals surface area (Å²) >= 11 is 0. The first kappa shape index (κ1) is 16.0. The molecule has 0 aliphatic heterocycles. The van der Waals surface area contributed by atoms with Crippen LogP contribution in [0.4, 0.5) is 0 Å². The van der Waals surface area contributed by atoms with Gasteiger partial charge in [-0.05, 0) is 6.92 Å². The van der Waals surface area contributed by atoms with Gasteiger partial charge in [-0.15, -0.1) is 0 Å². The van der Waals surface area contributed by atoms with E-state index in [9.17, 15) is 0 Å². The van der Waals surface area contributed by atoms with E-state index in [-0.39, 0.29) is 32.7 Å². The van der Waals surface area contributed by atoms with Crippen molar-refractivity contribution in [1.82, 2.24) is 0 Å². The number of hydrogen-bond donors (Lipinski definition) is 2. The molecule has 0 aliphatic rings. The summed E-state index contributed by atoms with van der Waals surface area (Å²) < 4.78 is 0. The van der Waals surface area contributed by atoms with Gasteiger partial charge in [-0.3, -0.25) is 0 Å². The van der Waals surface area contributed by atoms with Crippen molar-refractivity contribution in [1.29, 1.82) is 0 Å². The number of rotatable bonds is 1. The van der Waals surface area contributed by atoms with Crippen LogP contribution in [0.25, 0.3) is 0 Å². The smallest absolute Gasteiger partial charge is 0.0662 e. The first-order chi connectivity index (χ1) is 3.65. The van der Waals surface area contributed by atoms with Crippen LogP contribution in [-0.4, -0.2) is 29.4 Å². The zero-order valence-electron chi connectivity index (χ0n) is 5.33. The van der Waals surface area contributed by atoms with Crippen molar-refractivity contribution in [3.8, 4) is 0 Å². The van der Waals surface area contributed by atoms with E-state index in [0.29, 0.717) is 0 Å². The molecule has 0 aromatic heterocycles. The summed E-state index contributed by atoms with van der Waals surface area (Å²) in [6.45, 7) is 0.722. The number of aliphatic hydroxyl groups excluding tert-OH is 2. The number of carbonyl (C=O) groups is 1. The molecule has 0 atom stereocenters. The molecule has 0 aromatic carbocycles. The summed E-state index contributed by atoms with van der Waals surface area (Å²) in [5.41, 5.74) is 0. The van der Waals surface area contributed by atoms with Gasteiger partial charge in [-0.2, -0.15) is 0 Å². The molecule has 0 fully saturated rings. The van der Waals surface area contributed by atoms with Gasteiger partial charge in [0.1, 0.15) is 0 Å². The molecule has 0 aromatic rings. The Labute approximate surface area is 66.3 Å². The van der Waals surface area contributed by atoms with Gasteiger partial charge in [0, 0.05) is 25.4 Å². The minimum atomic E-state index is -1.08. The van der Waals surface area contributed by atoms with Crippen LogP contribution < -0.4 is 5.11 Å². The number of carboxylic acids is 1. The van der Waals surface area contributed by atoms with E-state index < -0.39 is 5.97 Å². The van der Waals surface area contributed by atoms with Gasteiger partial charge in [0.05, 0.1) is 13.2 Å². The third kappa shape index (κ3) is 282. The van der Waals surface area contributed by atoms with Gasteiger partial charge in [-0.25, -0.2) is 0 Å². The third-order valence-corrected chi connectivity index (χ3v) is 0.1000. The second-order valence-corrected chi connectivity index (χ2v) is 0.939. The number of aliphatic carboxylic acids is 1. The van der Waals surface area contributed by atoms with Crippen LogP contribution in [0.1, 0.15) is 6.92 Å². The maximum Gasteiger partial charge on any atom is 0.0662 e. The Balaban J connectivity index is -0.0000000720. The molecule has 52 valence electrons. The Hall–Kier alpha value is 0.0134. The molecule has 2 N–H and O–H groups in total. The molecule has 0 heterocycles. The van der Waals surface area contributed by atoms with Crippen molar-refractivity contribution >= 4 is 5.97 Å². The Morgan fingerprint density at radius 2 is 1.56 bits per heavy atom. The van der Waals surface area contributed by atoms with E-state index in [0.717, 1.165) is 6.92 Å². The zero-order chi connectivity index (χ0) is 6.99. The molecule has 0 rings (SSSR count). The summed E-state index contributed by atoms with van der Waals surface area (Å²) in [4.78, 5) is 8.89. The zero-order valence-corrected chi connectivity index (χ0v) is 8.30. The van der Waals surface area contributed by atoms with E-state index in [2.05, 4.69) is 0 Å². The molecule has 0 spiro atoms. The fourth-order valence-electron chi connectivity index (χ4n) is 0. The van der Waals surface area contributed by atoms with E-state index >= 15 is 0 Å². The first-order valence-electron chi connectivity index (χ1n) is 2.04. The van der Waals surface area contributed by atoms with E-state index in [1.165, 1.54) is 0 Å². The number of aliphatic hydroxyl groups is 2. The average molecular weight is 187 g/mol. The second-order valence-electron chi connectivity index (χ2n) is 0.939. The Kier molecular flexibility index (Phi) is 27.9. The first-order valence-corrected chi connectivity index (χ1v) is 2.04. The predicted octanol–water partition coefficient (Wildman–Crippen LogP) is -2.28. The van der Waals surface area contributed by atoms with Crippen LogP contribution in [0.2, 0.25) is 0 Å². The van der Waals surface area contributed by atoms with Crippen LogP contribution in [0, 0.1) is 0 Å². The molecule has 0 amide bonds. The maximum absolute atomic E-state index is 8.89. The molecular weight excluding hydrogens is 177 g/mol. The molecule has 0 saturated carbocycles. The molecule has 0 bridgehead atoms. The van der Waals surface area contributed by atoms with Crippen LogP contribution >= 0.6 is 0 Å². The van der Waals surface area contributed by atoms with E-state index in [1.54, 1.807) is 0 Å². The number of carbonyl (C=O) groups excluding carboxylic acids is 1. The molecule has 4 nitrogen and oxygen atoms in total. The summed E-state index contributed by atoms with van der Waals surface area (Å²) in [6.07, 6.45) is 0. The Morgan fingerprint density at radius 3 is 1.56 bits per heavy atom. The Morgan fingerprint density at radius 1 is 1.44 bits per heavy atom. The predicted molar refractivity (Wildman–Crippen MR) is 24.9 cm³/mol. The molecule has 0 aliphatic carbocycles. The summed E-state index contributed by atoms with van der Waals surface area (Å²) in [7, 11) is 0. The van der Waals surface area contributed by atoms with Crippen LogP contribution in [0.15, 0.2) is 0 Å². The molecular formula is C4H9O4Zn-. The van der Waals surface area contributed by atoms with Crippen LogP contribution in [-0.2, 0) is 24.3 Å². The summed E-state index contributed by atoms with van der Waals surface area (Å²) in [5, 5.41) is 24.1. The van der Waals surface area contributed by atoms with Gasteiger partial charge < -0.3 is 20.1 Å². The molecule has 9 heavy (non-hydrogen) atoms. The maximum atomic E-state index is 8.89.